The molecule has 0 spiro atoms. The van der Waals surface area contributed by atoms with E-state index in [9.17, 15) is 20.0 Å². The number of hydrogen-bond donors (Lipinski definition) is 1. The van der Waals surface area contributed by atoms with E-state index in [-0.39, 0.29) is 22.8 Å². The normalized spacial score (nSPS) is 11.5. The van der Waals surface area contributed by atoms with Crippen LogP contribution in [0.25, 0.3) is 10.9 Å². The van der Waals surface area contributed by atoms with E-state index in [2.05, 4.69) is 26.0 Å². The van der Waals surface area contributed by atoms with Crippen molar-refractivity contribution < 1.29 is 14.8 Å². The molecule has 1 N–H and O–H groups in total. The number of halogens is 1. The lowest BCUT2D eigenvalue weighted by Crippen LogP contribution is -2.23. The topological polar surface area (TPSA) is 120 Å². The molecule has 150 valence electrons. The van der Waals surface area contributed by atoms with Gasteiger partial charge in [0.1, 0.15) is 5.82 Å². The third-order valence-electron chi connectivity index (χ3n) is 4.17. The van der Waals surface area contributed by atoms with Gasteiger partial charge >= 0.3 is 5.69 Å². The number of nitro groups is 1. The zero-order valence-corrected chi connectivity index (χ0v) is 17.4. The summed E-state index contributed by atoms with van der Waals surface area (Å²) in [6.07, 6.45) is 1.29. The molecule has 3 aromatic rings. The third kappa shape index (κ3) is 3.97. The fourth-order valence-corrected chi connectivity index (χ4v) is 3.12. The number of ether oxygens (including phenoxy) is 1. The van der Waals surface area contributed by atoms with Crippen LogP contribution in [0.5, 0.6) is 11.5 Å². The summed E-state index contributed by atoms with van der Waals surface area (Å²) in [4.78, 5) is 28.0. The molecule has 9 nitrogen and oxygen atoms in total. The Kier molecular flexibility index (Phi) is 5.64. The number of methoxy groups -OCH3 is 1. The number of nitrogens with zero attached hydrogens (tertiary/aromatic N) is 4. The van der Waals surface area contributed by atoms with Crippen LogP contribution in [0.1, 0.15) is 31.2 Å². The minimum Gasteiger partial charge on any atom is -0.500 e. The monoisotopic (exact) mass is 460 g/mol. The number of benzene rings is 2. The van der Waals surface area contributed by atoms with Gasteiger partial charge in [0.25, 0.3) is 5.56 Å². The van der Waals surface area contributed by atoms with Crippen LogP contribution in [0.4, 0.5) is 5.69 Å². The van der Waals surface area contributed by atoms with Crippen LogP contribution in [0.3, 0.4) is 0 Å². The van der Waals surface area contributed by atoms with Crippen molar-refractivity contribution in [3.63, 3.8) is 0 Å². The number of aromatic nitrogens is 2. The standard InChI is InChI=1S/C19H17BrN4O5/c1-10(2)18-22-14-5-4-12(20)8-13(14)19(26)23(18)21-9-11-6-15(24(27)28)17(25)16(7-11)29-3/h4-10,25H,1-3H3. The Balaban J connectivity index is 2.19. The number of rotatable bonds is 5. The zero-order chi connectivity index (χ0) is 21.3. The van der Waals surface area contributed by atoms with E-state index < -0.39 is 16.4 Å². The number of nitro benzene ring substituents is 1. The van der Waals surface area contributed by atoms with Gasteiger partial charge in [0.2, 0.25) is 5.75 Å². The summed E-state index contributed by atoms with van der Waals surface area (Å²) in [5.74, 6) is -0.303. The lowest BCUT2D eigenvalue weighted by molar-refractivity contribution is -0.386. The number of fused-ring (bicyclic) bond motifs is 1. The van der Waals surface area contributed by atoms with Gasteiger partial charge in [0.15, 0.2) is 5.75 Å². The molecule has 29 heavy (non-hydrogen) atoms. The molecular formula is C19H17BrN4O5. The van der Waals surface area contributed by atoms with Crippen molar-refractivity contribution in [1.82, 2.24) is 9.66 Å². The van der Waals surface area contributed by atoms with E-state index in [4.69, 9.17) is 4.74 Å². The predicted octanol–water partition coefficient (Wildman–Crippen LogP) is 3.79. The zero-order valence-electron chi connectivity index (χ0n) is 15.8. The molecule has 0 amide bonds. The van der Waals surface area contributed by atoms with Gasteiger partial charge in [-0.1, -0.05) is 29.8 Å². The van der Waals surface area contributed by atoms with Crippen molar-refractivity contribution in [2.75, 3.05) is 7.11 Å². The Morgan fingerprint density at radius 3 is 2.69 bits per heavy atom. The molecule has 2 aromatic carbocycles. The van der Waals surface area contributed by atoms with E-state index in [1.54, 1.807) is 18.2 Å². The van der Waals surface area contributed by atoms with Gasteiger partial charge in [0.05, 0.1) is 29.2 Å². The van der Waals surface area contributed by atoms with Crippen molar-refractivity contribution in [2.45, 2.75) is 19.8 Å². The van der Waals surface area contributed by atoms with Crippen molar-refractivity contribution >= 4 is 38.7 Å². The number of phenolic OH excluding ortho intramolecular Hbond substituents is 1. The van der Waals surface area contributed by atoms with Crippen LogP contribution in [-0.2, 0) is 0 Å². The van der Waals surface area contributed by atoms with Crippen LogP contribution in [0, 0.1) is 10.1 Å². The Labute approximate surface area is 173 Å². The summed E-state index contributed by atoms with van der Waals surface area (Å²) < 4.78 is 6.89. The highest BCUT2D eigenvalue weighted by Crippen LogP contribution is 2.36. The fraction of sp³-hybridized carbons (Fsp3) is 0.211. The average Bonchev–Trinajstić information content (AvgIpc) is 2.67. The minimum atomic E-state index is -0.726. The first-order valence-corrected chi connectivity index (χ1v) is 9.34. The van der Waals surface area contributed by atoms with Crippen LogP contribution >= 0.6 is 15.9 Å². The molecule has 1 aromatic heterocycles. The van der Waals surface area contributed by atoms with Gasteiger partial charge in [-0.25, -0.2) is 4.98 Å². The first-order chi connectivity index (χ1) is 13.7. The molecule has 0 bridgehead atoms. The largest absolute Gasteiger partial charge is 0.500 e. The maximum absolute atomic E-state index is 13.0. The molecule has 0 atom stereocenters. The molecule has 10 heteroatoms. The molecular weight excluding hydrogens is 444 g/mol. The van der Waals surface area contributed by atoms with Crippen molar-refractivity contribution in [1.29, 1.82) is 0 Å². The maximum Gasteiger partial charge on any atom is 0.315 e. The fourth-order valence-electron chi connectivity index (χ4n) is 2.76. The molecule has 3 rings (SSSR count). The quantitative estimate of drug-likeness (QED) is 0.351. The first-order valence-electron chi connectivity index (χ1n) is 8.55. The van der Waals surface area contributed by atoms with Crippen molar-refractivity contribution in [2.24, 2.45) is 5.10 Å². The Morgan fingerprint density at radius 1 is 1.34 bits per heavy atom. The van der Waals surface area contributed by atoms with E-state index in [0.717, 1.165) is 10.5 Å². The van der Waals surface area contributed by atoms with Crippen LogP contribution in [-0.4, -0.2) is 33.0 Å². The molecule has 0 saturated carbocycles. The summed E-state index contributed by atoms with van der Waals surface area (Å²) in [5.41, 5.74) is -0.0584. The van der Waals surface area contributed by atoms with Crippen molar-refractivity contribution in [3.8, 4) is 11.5 Å². The van der Waals surface area contributed by atoms with Crippen molar-refractivity contribution in [3.05, 3.63) is 66.7 Å². The van der Waals surface area contributed by atoms with Crippen LogP contribution < -0.4 is 10.3 Å². The molecule has 1 heterocycles. The molecule has 0 aliphatic heterocycles. The van der Waals surface area contributed by atoms with Crippen LogP contribution in [0.15, 0.2) is 44.7 Å². The molecule has 0 fully saturated rings. The summed E-state index contributed by atoms with van der Waals surface area (Å²) in [5, 5.41) is 25.7. The Hall–Kier alpha value is -3.27. The maximum atomic E-state index is 13.0. The summed E-state index contributed by atoms with van der Waals surface area (Å²) in [6, 6.07) is 7.74. The highest BCUT2D eigenvalue weighted by atomic mass is 79.9. The van der Waals surface area contributed by atoms with Gasteiger partial charge in [-0.3, -0.25) is 14.9 Å². The lowest BCUT2D eigenvalue weighted by Gasteiger charge is -2.12. The van der Waals surface area contributed by atoms with E-state index >= 15 is 0 Å². The number of phenols is 1. The van der Waals surface area contributed by atoms with Gasteiger partial charge in [-0.15, -0.1) is 0 Å². The Bertz CT molecular complexity index is 1200. The van der Waals surface area contributed by atoms with Gasteiger partial charge in [-0.2, -0.15) is 9.78 Å². The second-order valence-corrected chi connectivity index (χ2v) is 7.41. The molecule has 0 saturated heterocycles. The molecule has 0 aliphatic rings. The highest BCUT2D eigenvalue weighted by Gasteiger charge is 2.20. The van der Waals surface area contributed by atoms with Gasteiger partial charge in [-0.05, 0) is 24.3 Å². The van der Waals surface area contributed by atoms with Gasteiger partial charge in [0, 0.05) is 22.0 Å². The average molecular weight is 461 g/mol. The second-order valence-electron chi connectivity index (χ2n) is 6.50. The smallest absolute Gasteiger partial charge is 0.315 e. The molecule has 0 aliphatic carbocycles. The predicted molar refractivity (Wildman–Crippen MR) is 112 cm³/mol. The third-order valence-corrected chi connectivity index (χ3v) is 4.66. The summed E-state index contributed by atoms with van der Waals surface area (Å²) in [7, 11) is 1.28. The minimum absolute atomic E-state index is 0.0716. The Morgan fingerprint density at radius 2 is 2.07 bits per heavy atom. The first kappa shape index (κ1) is 20.5. The summed E-state index contributed by atoms with van der Waals surface area (Å²) >= 11 is 3.34. The van der Waals surface area contributed by atoms with E-state index in [0.29, 0.717) is 16.7 Å². The van der Waals surface area contributed by atoms with Crippen LogP contribution in [0.2, 0.25) is 0 Å². The molecule has 0 radical (unpaired) electrons. The highest BCUT2D eigenvalue weighted by molar-refractivity contribution is 9.10. The van der Waals surface area contributed by atoms with Gasteiger partial charge < -0.3 is 9.84 Å². The number of hydrogen-bond acceptors (Lipinski definition) is 7. The SMILES string of the molecule is COc1cc(C=Nn2c(C(C)C)nc3ccc(Br)cc3c2=O)cc([N+](=O)[O-])c1O. The molecule has 0 unspecified atom stereocenters. The second kappa shape index (κ2) is 8.00. The number of aromatic hydroxyl groups is 1. The van der Waals surface area contributed by atoms with E-state index in [1.165, 1.54) is 24.1 Å². The lowest BCUT2D eigenvalue weighted by atomic mass is 10.1. The summed E-state index contributed by atoms with van der Waals surface area (Å²) in [6.45, 7) is 3.76. The van der Waals surface area contributed by atoms with E-state index in [1.807, 2.05) is 13.8 Å².